The Bertz CT molecular complexity index is 671. The van der Waals surface area contributed by atoms with Crippen LogP contribution < -0.4 is 14.8 Å². The highest BCUT2D eigenvalue weighted by Crippen LogP contribution is 2.29. The lowest BCUT2D eigenvalue weighted by Gasteiger charge is -2.13. The molecule has 1 N–H and O–H groups in total. The van der Waals surface area contributed by atoms with Crippen molar-refractivity contribution in [2.75, 3.05) is 18.5 Å². The third kappa shape index (κ3) is 4.71. The summed E-state index contributed by atoms with van der Waals surface area (Å²) in [5.74, 6) is 1.52. The first kappa shape index (κ1) is 16.8. The van der Waals surface area contributed by atoms with Gasteiger partial charge in [0.15, 0.2) is 11.5 Å². The summed E-state index contributed by atoms with van der Waals surface area (Å²) in [6.07, 6.45) is 0.910. The average Bonchev–Trinajstić information content (AvgIpc) is 2.54. The first-order chi connectivity index (χ1) is 11.1. The van der Waals surface area contributed by atoms with Crippen LogP contribution in [0.2, 0.25) is 0 Å². The molecule has 0 bridgehead atoms. The molecule has 0 aliphatic heterocycles. The zero-order valence-corrected chi connectivity index (χ0v) is 13.8. The molecule has 0 saturated heterocycles. The fraction of sp³-hybridized carbons (Fsp3) is 0.333. The number of anilines is 1. The molecule has 0 fully saturated rings. The molecule has 23 heavy (non-hydrogen) atoms. The number of pyridine rings is 1. The number of aryl methyl sites for hydroxylation is 1. The topological polar surface area (TPSA) is 60.5 Å². The molecule has 1 heterocycles. The van der Waals surface area contributed by atoms with Crippen LogP contribution in [0.1, 0.15) is 36.3 Å². The number of hydrogen-bond donors (Lipinski definition) is 1. The first-order valence-corrected chi connectivity index (χ1v) is 7.78. The van der Waals surface area contributed by atoms with Crippen molar-refractivity contribution in [3.8, 4) is 11.5 Å². The normalized spacial score (nSPS) is 10.2. The number of nitrogens with zero attached hydrogens (tertiary/aromatic N) is 1. The van der Waals surface area contributed by atoms with Gasteiger partial charge in [-0.15, -0.1) is 0 Å². The van der Waals surface area contributed by atoms with Gasteiger partial charge in [-0.2, -0.15) is 0 Å². The number of carbonyl (C=O) groups is 1. The summed E-state index contributed by atoms with van der Waals surface area (Å²) < 4.78 is 11.2. The van der Waals surface area contributed by atoms with Gasteiger partial charge in [0.1, 0.15) is 5.82 Å². The molecule has 2 rings (SSSR count). The number of hydrogen-bond acceptors (Lipinski definition) is 4. The molecule has 0 unspecified atom stereocenters. The quantitative estimate of drug-likeness (QED) is 0.843. The van der Waals surface area contributed by atoms with Crippen LogP contribution in [0.5, 0.6) is 11.5 Å². The highest BCUT2D eigenvalue weighted by atomic mass is 16.5. The van der Waals surface area contributed by atoms with Crippen LogP contribution in [0.3, 0.4) is 0 Å². The number of rotatable bonds is 7. The largest absolute Gasteiger partial charge is 0.490 e. The van der Waals surface area contributed by atoms with Crippen molar-refractivity contribution < 1.29 is 14.3 Å². The maximum atomic E-state index is 12.4. The lowest BCUT2D eigenvalue weighted by atomic mass is 10.2. The second-order valence-electron chi connectivity index (χ2n) is 5.06. The number of amides is 1. The first-order valence-electron chi connectivity index (χ1n) is 7.78. The second-order valence-corrected chi connectivity index (χ2v) is 5.06. The summed E-state index contributed by atoms with van der Waals surface area (Å²) in [7, 11) is 0. The van der Waals surface area contributed by atoms with Crippen LogP contribution in [-0.2, 0) is 0 Å². The van der Waals surface area contributed by atoms with Gasteiger partial charge in [-0.25, -0.2) is 4.98 Å². The van der Waals surface area contributed by atoms with Crippen LogP contribution in [0.4, 0.5) is 5.82 Å². The van der Waals surface area contributed by atoms with E-state index in [0.717, 1.165) is 12.1 Å². The molecule has 0 aliphatic rings. The van der Waals surface area contributed by atoms with Crippen LogP contribution >= 0.6 is 0 Å². The van der Waals surface area contributed by atoms with E-state index in [1.54, 1.807) is 24.3 Å². The number of aromatic nitrogens is 1. The third-order valence-electron chi connectivity index (χ3n) is 3.10. The third-order valence-corrected chi connectivity index (χ3v) is 3.10. The van der Waals surface area contributed by atoms with E-state index in [0.29, 0.717) is 36.1 Å². The Hall–Kier alpha value is -2.56. The molecule has 122 valence electrons. The van der Waals surface area contributed by atoms with E-state index in [1.165, 1.54) is 0 Å². The van der Waals surface area contributed by atoms with Gasteiger partial charge in [0, 0.05) is 11.3 Å². The molecular weight excluding hydrogens is 292 g/mol. The van der Waals surface area contributed by atoms with E-state index in [-0.39, 0.29) is 5.91 Å². The van der Waals surface area contributed by atoms with Crippen molar-refractivity contribution >= 4 is 11.7 Å². The van der Waals surface area contributed by atoms with E-state index in [9.17, 15) is 4.79 Å². The Labute approximate surface area is 136 Å². The Balaban J connectivity index is 2.17. The van der Waals surface area contributed by atoms with Crippen molar-refractivity contribution in [2.45, 2.75) is 27.2 Å². The molecule has 1 aromatic carbocycles. The number of nitrogens with one attached hydrogen (secondary N) is 1. The van der Waals surface area contributed by atoms with Gasteiger partial charge in [0.2, 0.25) is 0 Å². The fourth-order valence-electron chi connectivity index (χ4n) is 2.05. The number of benzene rings is 1. The predicted molar refractivity (Wildman–Crippen MR) is 90.3 cm³/mol. The standard InChI is InChI=1S/C18H22N2O3/c1-4-11-23-15-10-9-14(12-16(15)22-5-2)18(21)20-17-8-6-7-13(3)19-17/h6-10,12H,4-5,11H2,1-3H3,(H,19,20,21). The lowest BCUT2D eigenvalue weighted by Crippen LogP contribution is -2.13. The van der Waals surface area contributed by atoms with Crippen molar-refractivity contribution in [1.82, 2.24) is 4.98 Å². The smallest absolute Gasteiger partial charge is 0.256 e. The van der Waals surface area contributed by atoms with Gasteiger partial charge >= 0.3 is 0 Å². The molecule has 0 radical (unpaired) electrons. The summed E-state index contributed by atoms with van der Waals surface area (Å²) >= 11 is 0. The molecule has 2 aromatic rings. The molecule has 1 aromatic heterocycles. The summed E-state index contributed by atoms with van der Waals surface area (Å²) in [6.45, 7) is 6.93. The minimum absolute atomic E-state index is 0.230. The van der Waals surface area contributed by atoms with Crippen LogP contribution in [0.15, 0.2) is 36.4 Å². The molecule has 0 spiro atoms. The van der Waals surface area contributed by atoms with E-state index >= 15 is 0 Å². The van der Waals surface area contributed by atoms with Crippen LogP contribution in [0.25, 0.3) is 0 Å². The monoisotopic (exact) mass is 314 g/mol. The van der Waals surface area contributed by atoms with Gasteiger partial charge < -0.3 is 14.8 Å². The zero-order valence-electron chi connectivity index (χ0n) is 13.8. The molecule has 1 amide bonds. The summed E-state index contributed by atoms with van der Waals surface area (Å²) in [5, 5.41) is 2.78. The van der Waals surface area contributed by atoms with Crippen molar-refractivity contribution in [1.29, 1.82) is 0 Å². The molecule has 5 heteroatoms. The minimum atomic E-state index is -0.230. The van der Waals surface area contributed by atoms with Gasteiger partial charge in [-0.05, 0) is 50.6 Å². The molecular formula is C18H22N2O3. The maximum absolute atomic E-state index is 12.4. The number of ether oxygens (including phenoxy) is 2. The summed E-state index contributed by atoms with van der Waals surface area (Å²) in [4.78, 5) is 16.6. The number of carbonyl (C=O) groups excluding carboxylic acids is 1. The lowest BCUT2D eigenvalue weighted by molar-refractivity contribution is 0.102. The molecule has 0 saturated carbocycles. The Morgan fingerprint density at radius 3 is 2.65 bits per heavy atom. The molecule has 0 atom stereocenters. The van der Waals surface area contributed by atoms with Crippen molar-refractivity contribution in [3.05, 3.63) is 47.7 Å². The van der Waals surface area contributed by atoms with Gasteiger partial charge in [-0.3, -0.25) is 4.79 Å². The Kier molecular flexibility index (Phi) is 5.97. The van der Waals surface area contributed by atoms with E-state index in [2.05, 4.69) is 10.3 Å². The summed E-state index contributed by atoms with van der Waals surface area (Å²) in [5.41, 5.74) is 1.35. The zero-order chi connectivity index (χ0) is 16.7. The highest BCUT2D eigenvalue weighted by Gasteiger charge is 2.12. The summed E-state index contributed by atoms with van der Waals surface area (Å²) in [6, 6.07) is 10.7. The Morgan fingerprint density at radius 2 is 1.96 bits per heavy atom. The van der Waals surface area contributed by atoms with Crippen molar-refractivity contribution in [3.63, 3.8) is 0 Å². The molecule has 0 aliphatic carbocycles. The SMILES string of the molecule is CCCOc1ccc(C(=O)Nc2cccc(C)n2)cc1OCC. The highest BCUT2D eigenvalue weighted by molar-refractivity contribution is 6.04. The van der Waals surface area contributed by atoms with E-state index < -0.39 is 0 Å². The molecule has 5 nitrogen and oxygen atoms in total. The minimum Gasteiger partial charge on any atom is -0.490 e. The maximum Gasteiger partial charge on any atom is 0.256 e. The van der Waals surface area contributed by atoms with E-state index in [1.807, 2.05) is 32.9 Å². The van der Waals surface area contributed by atoms with E-state index in [4.69, 9.17) is 9.47 Å². The fourth-order valence-corrected chi connectivity index (χ4v) is 2.05. The van der Waals surface area contributed by atoms with Gasteiger partial charge in [0.05, 0.1) is 13.2 Å². The predicted octanol–water partition coefficient (Wildman–Crippen LogP) is 3.83. The van der Waals surface area contributed by atoms with Crippen LogP contribution in [0, 0.1) is 6.92 Å². The van der Waals surface area contributed by atoms with Gasteiger partial charge in [-0.1, -0.05) is 13.0 Å². The van der Waals surface area contributed by atoms with Crippen LogP contribution in [-0.4, -0.2) is 24.1 Å². The average molecular weight is 314 g/mol. The van der Waals surface area contributed by atoms with Gasteiger partial charge in [0.25, 0.3) is 5.91 Å². The Morgan fingerprint density at radius 1 is 1.13 bits per heavy atom. The van der Waals surface area contributed by atoms with Crippen molar-refractivity contribution in [2.24, 2.45) is 0 Å². The second kappa shape index (κ2) is 8.17.